The average Bonchev–Trinajstić information content (AvgIpc) is 3.79. The zero-order valence-electron chi connectivity index (χ0n) is 30.3. The van der Waals surface area contributed by atoms with E-state index in [-0.39, 0.29) is 0 Å². The van der Waals surface area contributed by atoms with E-state index in [0.717, 1.165) is 55.3 Å². The van der Waals surface area contributed by atoms with Crippen molar-refractivity contribution in [3.05, 3.63) is 200 Å². The summed E-state index contributed by atoms with van der Waals surface area (Å²) in [5.41, 5.74) is 12.0. The molecule has 0 radical (unpaired) electrons. The highest BCUT2D eigenvalue weighted by Gasteiger charge is 2.20. The fourth-order valence-corrected chi connectivity index (χ4v) is 8.22. The number of fused-ring (bicyclic) bond motifs is 6. The molecule has 11 aromatic rings. The fourth-order valence-electron chi connectivity index (χ4n) is 8.22. The Bertz CT molecular complexity index is 3240. The van der Waals surface area contributed by atoms with Crippen LogP contribution >= 0.6 is 0 Å². The van der Waals surface area contributed by atoms with Gasteiger partial charge in [0.05, 0.1) is 22.1 Å². The molecule has 5 nitrogen and oxygen atoms in total. The van der Waals surface area contributed by atoms with E-state index in [9.17, 15) is 0 Å². The van der Waals surface area contributed by atoms with Crippen LogP contribution in [0.3, 0.4) is 0 Å². The molecule has 0 unspecified atom stereocenters. The Morgan fingerprint density at radius 2 is 0.750 bits per heavy atom. The van der Waals surface area contributed by atoms with Gasteiger partial charge >= 0.3 is 0 Å². The molecule has 0 atom stereocenters. The minimum Gasteiger partial charge on any atom is -0.309 e. The van der Waals surface area contributed by atoms with E-state index in [2.05, 4.69) is 179 Å². The van der Waals surface area contributed by atoms with Crippen LogP contribution in [-0.2, 0) is 0 Å². The molecule has 0 aliphatic heterocycles. The second kappa shape index (κ2) is 13.0. The van der Waals surface area contributed by atoms with Gasteiger partial charge in [-0.2, -0.15) is 9.97 Å². The smallest absolute Gasteiger partial charge is 0.238 e. The second-order valence-electron chi connectivity index (χ2n) is 14.1. The normalized spacial score (nSPS) is 11.6. The minimum absolute atomic E-state index is 0.575. The average molecular weight is 716 g/mol. The van der Waals surface area contributed by atoms with Crippen molar-refractivity contribution in [3.63, 3.8) is 0 Å². The summed E-state index contributed by atoms with van der Waals surface area (Å²) in [5.74, 6) is 1.82. The predicted octanol–water partition coefficient (Wildman–Crippen LogP) is 12.7. The summed E-state index contributed by atoms with van der Waals surface area (Å²) < 4.78 is 4.55. The number of para-hydroxylation sites is 3. The van der Waals surface area contributed by atoms with Crippen molar-refractivity contribution < 1.29 is 0 Å². The molecule has 3 aromatic heterocycles. The van der Waals surface area contributed by atoms with Crippen LogP contribution in [0.5, 0.6) is 0 Å². The van der Waals surface area contributed by atoms with Crippen LogP contribution < -0.4 is 0 Å². The molecule has 3 heterocycles. The summed E-state index contributed by atoms with van der Waals surface area (Å²) in [6, 6.07) is 70.3. The van der Waals surface area contributed by atoms with E-state index >= 15 is 0 Å². The van der Waals surface area contributed by atoms with Gasteiger partial charge in [0.25, 0.3) is 0 Å². The maximum atomic E-state index is 5.27. The van der Waals surface area contributed by atoms with E-state index < -0.39 is 0 Å². The lowest BCUT2D eigenvalue weighted by atomic mass is 9.99. The second-order valence-corrected chi connectivity index (χ2v) is 14.1. The molecule has 0 fully saturated rings. The van der Waals surface area contributed by atoms with Gasteiger partial charge in [0.15, 0.2) is 11.6 Å². The Morgan fingerprint density at radius 1 is 0.286 bits per heavy atom. The number of hydrogen-bond donors (Lipinski definition) is 0. The van der Waals surface area contributed by atoms with Crippen molar-refractivity contribution in [1.82, 2.24) is 24.1 Å². The topological polar surface area (TPSA) is 48.5 Å². The molecule has 0 saturated heterocycles. The van der Waals surface area contributed by atoms with Crippen molar-refractivity contribution in [2.75, 3.05) is 0 Å². The van der Waals surface area contributed by atoms with Crippen LogP contribution in [0.4, 0.5) is 0 Å². The first-order valence-electron chi connectivity index (χ1n) is 18.9. The molecule has 0 bridgehead atoms. The van der Waals surface area contributed by atoms with Crippen molar-refractivity contribution >= 4 is 43.6 Å². The lowest BCUT2D eigenvalue weighted by molar-refractivity contribution is 0.953. The Hall–Kier alpha value is -7.63. The highest BCUT2D eigenvalue weighted by Crippen LogP contribution is 2.39. The van der Waals surface area contributed by atoms with Crippen molar-refractivity contribution in [1.29, 1.82) is 0 Å². The van der Waals surface area contributed by atoms with Crippen molar-refractivity contribution in [3.8, 4) is 56.7 Å². The monoisotopic (exact) mass is 715 g/mol. The van der Waals surface area contributed by atoms with Crippen LogP contribution in [0.2, 0.25) is 0 Å². The largest absolute Gasteiger partial charge is 0.309 e. The Kier molecular flexibility index (Phi) is 7.42. The lowest BCUT2D eigenvalue weighted by Gasteiger charge is -2.13. The van der Waals surface area contributed by atoms with Crippen molar-refractivity contribution in [2.45, 2.75) is 0 Å². The van der Waals surface area contributed by atoms with E-state index in [4.69, 9.17) is 15.0 Å². The quantitative estimate of drug-likeness (QED) is 0.172. The molecule has 0 spiro atoms. The summed E-state index contributed by atoms with van der Waals surface area (Å²) in [4.78, 5) is 15.6. The Labute approximate surface area is 323 Å². The number of rotatable bonds is 6. The van der Waals surface area contributed by atoms with Gasteiger partial charge in [-0.1, -0.05) is 152 Å². The maximum absolute atomic E-state index is 5.27. The van der Waals surface area contributed by atoms with Gasteiger partial charge in [-0.05, 0) is 70.8 Å². The molecular formula is C51H33N5. The summed E-state index contributed by atoms with van der Waals surface area (Å²) in [6.45, 7) is 0. The molecule has 0 aliphatic rings. The summed E-state index contributed by atoms with van der Waals surface area (Å²) in [5, 5.41) is 4.74. The zero-order valence-corrected chi connectivity index (χ0v) is 30.3. The molecule has 0 amide bonds. The van der Waals surface area contributed by atoms with E-state index in [1.165, 1.54) is 27.4 Å². The Morgan fingerprint density at radius 3 is 1.39 bits per heavy atom. The van der Waals surface area contributed by atoms with Crippen LogP contribution in [0.25, 0.3) is 100 Å². The van der Waals surface area contributed by atoms with Gasteiger partial charge in [0, 0.05) is 38.4 Å². The number of nitrogens with zero attached hydrogens (tertiary/aromatic N) is 5. The van der Waals surface area contributed by atoms with Crippen LogP contribution in [-0.4, -0.2) is 24.1 Å². The SMILES string of the molecule is c1ccc(-c2nc(-c3ccccc3-c3ccccc3)nc(-n3c4ccccc4c4cc(-c5ccc6c(c5)c5ccccc5n6-c5ccccc5)ccc43)n2)cc1. The van der Waals surface area contributed by atoms with E-state index in [1.807, 2.05) is 30.3 Å². The highest BCUT2D eigenvalue weighted by molar-refractivity contribution is 6.12. The number of aromatic nitrogens is 5. The zero-order chi connectivity index (χ0) is 37.0. The molecule has 11 rings (SSSR count). The molecule has 5 heteroatoms. The highest BCUT2D eigenvalue weighted by atomic mass is 15.2. The summed E-state index contributed by atoms with van der Waals surface area (Å²) >= 11 is 0. The molecule has 0 saturated carbocycles. The summed E-state index contributed by atoms with van der Waals surface area (Å²) in [6.07, 6.45) is 0. The van der Waals surface area contributed by atoms with Gasteiger partial charge < -0.3 is 4.57 Å². The third kappa shape index (κ3) is 5.21. The molecule has 262 valence electrons. The molecule has 0 N–H and O–H groups in total. The Balaban J connectivity index is 1.11. The van der Waals surface area contributed by atoms with Gasteiger partial charge in [0.1, 0.15) is 0 Å². The standard InChI is InChI=1S/C51H33N5/c1-4-16-34(17-5-1)39-22-10-11-25-42(39)50-52-49(35-18-6-2-7-19-35)53-51(54-50)56-46-27-15-13-24-41(46)44-33-37(29-31-48(44)56)36-28-30-47-43(32-36)40-23-12-14-26-45(40)55(47)38-20-8-3-9-21-38/h1-33H. The van der Waals surface area contributed by atoms with Crippen molar-refractivity contribution in [2.24, 2.45) is 0 Å². The maximum Gasteiger partial charge on any atom is 0.238 e. The van der Waals surface area contributed by atoms with E-state index in [0.29, 0.717) is 17.6 Å². The molecule has 56 heavy (non-hydrogen) atoms. The molecule has 0 aliphatic carbocycles. The number of benzene rings is 8. The van der Waals surface area contributed by atoms with Gasteiger partial charge in [-0.15, -0.1) is 0 Å². The van der Waals surface area contributed by atoms with Gasteiger partial charge in [0.2, 0.25) is 5.95 Å². The molecule has 8 aromatic carbocycles. The fraction of sp³-hybridized carbons (Fsp3) is 0. The minimum atomic E-state index is 0.575. The van der Waals surface area contributed by atoms with Crippen LogP contribution in [0, 0.1) is 0 Å². The first kappa shape index (κ1) is 31.9. The van der Waals surface area contributed by atoms with Gasteiger partial charge in [-0.3, -0.25) is 4.57 Å². The van der Waals surface area contributed by atoms with E-state index in [1.54, 1.807) is 0 Å². The third-order valence-electron chi connectivity index (χ3n) is 10.8. The first-order chi connectivity index (χ1) is 27.8. The van der Waals surface area contributed by atoms with Gasteiger partial charge in [-0.25, -0.2) is 4.98 Å². The third-order valence-corrected chi connectivity index (χ3v) is 10.8. The van der Waals surface area contributed by atoms with Crippen LogP contribution in [0.15, 0.2) is 200 Å². The predicted molar refractivity (Wildman–Crippen MR) is 230 cm³/mol. The van der Waals surface area contributed by atoms with Crippen LogP contribution in [0.1, 0.15) is 0 Å². The molecular weight excluding hydrogens is 683 g/mol. The number of hydrogen-bond acceptors (Lipinski definition) is 3. The first-order valence-corrected chi connectivity index (χ1v) is 18.9. The summed E-state index contributed by atoms with van der Waals surface area (Å²) in [7, 11) is 0. The lowest BCUT2D eigenvalue weighted by Crippen LogP contribution is -2.06.